The van der Waals surface area contributed by atoms with Gasteiger partial charge in [-0.15, -0.1) is 0 Å². The number of nitrogen functional groups attached to an aromatic ring is 1. The van der Waals surface area contributed by atoms with Gasteiger partial charge in [-0.3, -0.25) is 19.5 Å². The van der Waals surface area contributed by atoms with Crippen molar-refractivity contribution in [3.8, 4) is 11.5 Å². The van der Waals surface area contributed by atoms with Gasteiger partial charge in [-0.2, -0.15) is 0 Å². The van der Waals surface area contributed by atoms with Crippen molar-refractivity contribution in [1.29, 1.82) is 0 Å². The first kappa shape index (κ1) is 30.8. The minimum atomic E-state index is -0.414. The van der Waals surface area contributed by atoms with Gasteiger partial charge in [-0.1, -0.05) is 57.2 Å². The molecule has 0 atom stereocenters. The van der Waals surface area contributed by atoms with E-state index in [4.69, 9.17) is 15.2 Å². The molecule has 1 aliphatic rings. The van der Waals surface area contributed by atoms with Crippen LogP contribution >= 0.6 is 0 Å². The van der Waals surface area contributed by atoms with E-state index >= 15 is 0 Å². The third kappa shape index (κ3) is 7.26. The highest BCUT2D eigenvalue weighted by Gasteiger charge is 2.27. The summed E-state index contributed by atoms with van der Waals surface area (Å²) in [4.78, 5) is 34.1. The van der Waals surface area contributed by atoms with Crippen molar-refractivity contribution in [3.05, 3.63) is 113 Å². The number of carbonyl (C=O) groups excluding carboxylic acids is 2. The molecule has 1 saturated heterocycles. The van der Waals surface area contributed by atoms with Crippen LogP contribution in [0.1, 0.15) is 71.1 Å². The fourth-order valence-electron chi connectivity index (χ4n) is 5.32. The Kier molecular flexibility index (Phi) is 9.30. The second kappa shape index (κ2) is 13.3. The molecule has 3 aromatic carbocycles. The van der Waals surface area contributed by atoms with Crippen LogP contribution in [0.4, 0.5) is 11.4 Å². The molecule has 1 aliphatic heterocycles. The van der Waals surface area contributed by atoms with Crippen molar-refractivity contribution in [2.75, 3.05) is 31.2 Å². The number of ether oxygens (including phenoxy) is 2. The highest BCUT2D eigenvalue weighted by atomic mass is 16.5. The van der Waals surface area contributed by atoms with Gasteiger partial charge in [-0.05, 0) is 71.8 Å². The molecule has 1 fully saturated rings. The van der Waals surface area contributed by atoms with E-state index in [-0.39, 0.29) is 34.4 Å². The van der Waals surface area contributed by atoms with Crippen molar-refractivity contribution in [2.45, 2.75) is 51.7 Å². The van der Waals surface area contributed by atoms with Gasteiger partial charge < -0.3 is 20.5 Å². The molecule has 1 aromatic heterocycles. The summed E-state index contributed by atoms with van der Waals surface area (Å²) in [5.74, 6) is 0.356. The molecule has 0 aliphatic carbocycles. The second-order valence-electron chi connectivity index (χ2n) is 12.2. The molecule has 44 heavy (non-hydrogen) atoms. The SMILES string of the molecule is COc1ccc(C(=O)Nc2c(N)ccnc2C(=O)c2ccc(C(C)(C)C)cc2OC2CCN(Cc3ccccc3)CC2)cc1. The van der Waals surface area contributed by atoms with E-state index in [0.717, 1.165) is 38.0 Å². The Hall–Kier alpha value is -4.69. The Morgan fingerprint density at radius 2 is 1.68 bits per heavy atom. The Balaban J connectivity index is 1.39. The summed E-state index contributed by atoms with van der Waals surface area (Å²) >= 11 is 0. The monoisotopic (exact) mass is 592 g/mol. The smallest absolute Gasteiger partial charge is 0.255 e. The minimum absolute atomic E-state index is 0.0353. The lowest BCUT2D eigenvalue weighted by atomic mass is 9.86. The number of aromatic nitrogens is 1. The van der Waals surface area contributed by atoms with Gasteiger partial charge in [0.2, 0.25) is 5.78 Å². The number of benzene rings is 3. The van der Waals surface area contributed by atoms with Gasteiger partial charge in [0.1, 0.15) is 23.3 Å². The topological polar surface area (TPSA) is 107 Å². The number of anilines is 2. The third-order valence-electron chi connectivity index (χ3n) is 7.96. The van der Waals surface area contributed by atoms with Crippen molar-refractivity contribution < 1.29 is 19.1 Å². The molecule has 228 valence electrons. The molecule has 0 unspecified atom stereocenters. The largest absolute Gasteiger partial charge is 0.497 e. The molecule has 0 spiro atoms. The lowest BCUT2D eigenvalue weighted by Crippen LogP contribution is -2.38. The maximum Gasteiger partial charge on any atom is 0.255 e. The lowest BCUT2D eigenvalue weighted by Gasteiger charge is -2.33. The van der Waals surface area contributed by atoms with Crippen LogP contribution in [-0.4, -0.2) is 47.9 Å². The number of nitrogens with zero attached hydrogens (tertiary/aromatic N) is 2. The fraction of sp³-hybridized carbons (Fsp3) is 0.306. The van der Waals surface area contributed by atoms with Crippen molar-refractivity contribution in [2.24, 2.45) is 0 Å². The van der Waals surface area contributed by atoms with Crippen LogP contribution in [0, 0.1) is 0 Å². The number of hydrogen-bond acceptors (Lipinski definition) is 7. The van der Waals surface area contributed by atoms with E-state index in [0.29, 0.717) is 22.6 Å². The van der Waals surface area contributed by atoms with Crippen LogP contribution in [0.25, 0.3) is 0 Å². The lowest BCUT2D eigenvalue weighted by molar-refractivity contribution is 0.0926. The van der Waals surface area contributed by atoms with E-state index < -0.39 is 5.91 Å². The average molecular weight is 593 g/mol. The van der Waals surface area contributed by atoms with E-state index in [1.807, 2.05) is 18.2 Å². The zero-order chi connectivity index (χ0) is 31.3. The predicted octanol–water partition coefficient (Wildman–Crippen LogP) is 6.50. The molecular weight excluding hydrogens is 552 g/mol. The van der Waals surface area contributed by atoms with E-state index in [9.17, 15) is 9.59 Å². The van der Waals surface area contributed by atoms with Crippen LogP contribution in [0.2, 0.25) is 0 Å². The molecule has 1 amide bonds. The maximum atomic E-state index is 14.1. The molecule has 0 bridgehead atoms. The number of amides is 1. The number of likely N-dealkylation sites (tertiary alicyclic amines) is 1. The number of piperidine rings is 1. The van der Waals surface area contributed by atoms with Crippen LogP contribution in [0.15, 0.2) is 85.1 Å². The summed E-state index contributed by atoms with van der Waals surface area (Å²) in [5, 5.41) is 2.81. The van der Waals surface area contributed by atoms with E-state index in [2.05, 4.69) is 60.2 Å². The third-order valence-corrected chi connectivity index (χ3v) is 7.96. The quantitative estimate of drug-likeness (QED) is 0.214. The molecule has 5 rings (SSSR count). The Morgan fingerprint density at radius 3 is 2.34 bits per heavy atom. The highest BCUT2D eigenvalue weighted by Crippen LogP contribution is 2.34. The van der Waals surface area contributed by atoms with Crippen molar-refractivity contribution in [1.82, 2.24) is 9.88 Å². The number of hydrogen-bond donors (Lipinski definition) is 2. The minimum Gasteiger partial charge on any atom is -0.497 e. The number of carbonyl (C=O) groups is 2. The Morgan fingerprint density at radius 1 is 0.977 bits per heavy atom. The van der Waals surface area contributed by atoms with Crippen LogP contribution in [0.5, 0.6) is 11.5 Å². The summed E-state index contributed by atoms with van der Waals surface area (Å²) in [6.45, 7) is 9.09. The number of methoxy groups -OCH3 is 1. The maximum absolute atomic E-state index is 14.1. The first-order valence-electron chi connectivity index (χ1n) is 14.9. The molecule has 0 radical (unpaired) electrons. The molecule has 0 saturated carbocycles. The summed E-state index contributed by atoms with van der Waals surface area (Å²) in [7, 11) is 1.56. The zero-order valence-electron chi connectivity index (χ0n) is 25.8. The number of nitrogens with one attached hydrogen (secondary N) is 1. The van der Waals surface area contributed by atoms with E-state index in [1.165, 1.54) is 11.8 Å². The summed E-state index contributed by atoms with van der Waals surface area (Å²) in [5.41, 5.74) is 9.71. The molecule has 2 heterocycles. The zero-order valence-corrected chi connectivity index (χ0v) is 25.8. The summed E-state index contributed by atoms with van der Waals surface area (Å²) in [6, 6.07) is 24.4. The average Bonchev–Trinajstić information content (AvgIpc) is 3.02. The highest BCUT2D eigenvalue weighted by molar-refractivity contribution is 6.17. The molecule has 8 nitrogen and oxygen atoms in total. The number of pyridine rings is 1. The van der Waals surface area contributed by atoms with Crippen LogP contribution < -0.4 is 20.5 Å². The number of nitrogens with two attached hydrogens (primary N) is 1. The summed E-state index contributed by atoms with van der Waals surface area (Å²) in [6.07, 6.45) is 3.13. The normalized spacial score (nSPS) is 14.2. The molecular formula is C36H40N4O4. The standard InChI is InChI=1S/C36H40N4O4/c1-36(2,3)26-12-15-29(31(22-26)44-28-17-20-40(21-18-28)23-24-8-6-5-7-9-24)34(41)33-32(30(37)16-19-38-33)39-35(42)25-10-13-27(43-4)14-11-25/h5-16,19,22,28H,17-18,20-21,23H2,1-4H3,(H2,37,38)(H,39,42). The molecule has 3 N–H and O–H groups in total. The van der Waals surface area contributed by atoms with Crippen molar-refractivity contribution in [3.63, 3.8) is 0 Å². The Labute approximate surface area is 259 Å². The van der Waals surface area contributed by atoms with Gasteiger partial charge in [-0.25, -0.2) is 0 Å². The first-order chi connectivity index (χ1) is 21.1. The number of rotatable bonds is 9. The Bertz CT molecular complexity index is 1610. The van der Waals surface area contributed by atoms with Gasteiger partial charge in [0, 0.05) is 31.4 Å². The van der Waals surface area contributed by atoms with Gasteiger partial charge in [0.15, 0.2) is 0 Å². The molecule has 4 aromatic rings. The summed E-state index contributed by atoms with van der Waals surface area (Å²) < 4.78 is 11.8. The molecule has 8 heteroatoms. The van der Waals surface area contributed by atoms with Crippen LogP contribution in [-0.2, 0) is 12.0 Å². The predicted molar refractivity (Wildman–Crippen MR) is 174 cm³/mol. The second-order valence-corrected chi connectivity index (χ2v) is 12.2. The van der Waals surface area contributed by atoms with Gasteiger partial charge >= 0.3 is 0 Å². The van der Waals surface area contributed by atoms with E-state index in [1.54, 1.807) is 43.5 Å². The van der Waals surface area contributed by atoms with Crippen molar-refractivity contribution >= 4 is 23.1 Å². The van der Waals surface area contributed by atoms with Gasteiger partial charge in [0.25, 0.3) is 5.91 Å². The first-order valence-corrected chi connectivity index (χ1v) is 14.9. The van der Waals surface area contributed by atoms with Crippen LogP contribution in [0.3, 0.4) is 0 Å². The van der Waals surface area contributed by atoms with Gasteiger partial charge in [0.05, 0.1) is 24.0 Å². The number of ketones is 1. The fourth-order valence-corrected chi connectivity index (χ4v) is 5.32.